The van der Waals surface area contributed by atoms with Crippen molar-refractivity contribution in [3.63, 3.8) is 0 Å². The molecular formula is C22H23ClN4OS. The molecule has 4 rings (SSSR count). The monoisotopic (exact) mass is 426 g/mol. The third-order valence-electron chi connectivity index (χ3n) is 5.13. The summed E-state index contributed by atoms with van der Waals surface area (Å²) in [4.78, 5) is 12.7. The second-order valence-corrected chi connectivity index (χ2v) is 8.85. The Balaban J connectivity index is 1.41. The fourth-order valence-corrected chi connectivity index (χ4v) is 4.17. The number of benzene rings is 2. The number of thioether (sulfide) groups is 1. The molecule has 2 aromatic carbocycles. The summed E-state index contributed by atoms with van der Waals surface area (Å²) in [6.07, 6.45) is 3.96. The van der Waals surface area contributed by atoms with E-state index in [9.17, 15) is 4.79 Å². The molecule has 3 aromatic rings. The molecule has 1 heterocycles. The molecule has 1 saturated carbocycles. The largest absolute Gasteiger partial charge is 0.348 e. The molecule has 1 aliphatic rings. The number of carbonyl (C=O) groups excluding carboxylic acids is 1. The molecule has 0 spiro atoms. The molecule has 1 unspecified atom stereocenters. The summed E-state index contributed by atoms with van der Waals surface area (Å²) in [6, 6.07) is 14.3. The Bertz CT molecular complexity index is 1010. The lowest BCUT2D eigenvalue weighted by Crippen LogP contribution is -2.31. The average Bonchev–Trinajstić information content (AvgIpc) is 3.45. The van der Waals surface area contributed by atoms with Crippen LogP contribution in [-0.2, 0) is 4.79 Å². The Morgan fingerprint density at radius 3 is 2.69 bits per heavy atom. The van der Waals surface area contributed by atoms with Crippen LogP contribution in [-0.4, -0.2) is 26.4 Å². The summed E-state index contributed by atoms with van der Waals surface area (Å²) >= 11 is 7.62. The van der Waals surface area contributed by atoms with Crippen LogP contribution in [0.5, 0.6) is 0 Å². The minimum Gasteiger partial charge on any atom is -0.348 e. The molecule has 1 aliphatic carbocycles. The molecule has 1 atom stereocenters. The minimum absolute atomic E-state index is 0.00367. The van der Waals surface area contributed by atoms with E-state index in [1.165, 1.54) is 22.9 Å². The van der Waals surface area contributed by atoms with Gasteiger partial charge < -0.3 is 5.32 Å². The Morgan fingerprint density at radius 1 is 1.24 bits per heavy atom. The smallest absolute Gasteiger partial charge is 0.230 e. The Hall–Kier alpha value is -2.31. The van der Waals surface area contributed by atoms with Crippen molar-refractivity contribution in [2.24, 2.45) is 5.92 Å². The van der Waals surface area contributed by atoms with Crippen molar-refractivity contribution in [3.05, 3.63) is 70.5 Å². The van der Waals surface area contributed by atoms with E-state index in [2.05, 4.69) is 46.7 Å². The van der Waals surface area contributed by atoms with Crippen LogP contribution in [0.25, 0.3) is 5.69 Å². The highest BCUT2D eigenvalue weighted by Gasteiger charge is 2.33. The van der Waals surface area contributed by atoms with Crippen LogP contribution in [0.2, 0.25) is 5.02 Å². The maximum absolute atomic E-state index is 12.7. The van der Waals surface area contributed by atoms with Gasteiger partial charge in [-0.2, -0.15) is 0 Å². The summed E-state index contributed by atoms with van der Waals surface area (Å²) < 4.78 is 1.85. The zero-order valence-electron chi connectivity index (χ0n) is 16.4. The maximum Gasteiger partial charge on any atom is 0.230 e. The molecule has 1 fully saturated rings. The van der Waals surface area contributed by atoms with E-state index in [0.717, 1.165) is 24.1 Å². The number of hydrogen-bond donors (Lipinski definition) is 1. The van der Waals surface area contributed by atoms with Gasteiger partial charge in [0.25, 0.3) is 0 Å². The van der Waals surface area contributed by atoms with Crippen molar-refractivity contribution in [1.82, 2.24) is 20.1 Å². The third kappa shape index (κ3) is 4.82. The lowest BCUT2D eigenvalue weighted by Gasteiger charge is -2.19. The van der Waals surface area contributed by atoms with Gasteiger partial charge in [0.1, 0.15) is 6.33 Å². The van der Waals surface area contributed by atoms with Crippen molar-refractivity contribution < 1.29 is 4.79 Å². The predicted octanol–water partition coefficient (Wildman–Crippen LogP) is 4.90. The van der Waals surface area contributed by atoms with E-state index in [1.54, 1.807) is 6.33 Å². The van der Waals surface area contributed by atoms with Gasteiger partial charge >= 0.3 is 0 Å². The molecule has 29 heavy (non-hydrogen) atoms. The highest BCUT2D eigenvalue weighted by molar-refractivity contribution is 7.99. The van der Waals surface area contributed by atoms with Crippen LogP contribution < -0.4 is 5.32 Å². The van der Waals surface area contributed by atoms with Gasteiger partial charge in [0.05, 0.1) is 17.5 Å². The molecule has 1 aromatic heterocycles. The minimum atomic E-state index is 0.00367. The average molecular weight is 427 g/mol. The maximum atomic E-state index is 12.7. The van der Waals surface area contributed by atoms with Gasteiger partial charge in [-0.25, -0.2) is 0 Å². The van der Waals surface area contributed by atoms with E-state index >= 15 is 0 Å². The van der Waals surface area contributed by atoms with Gasteiger partial charge in [-0.3, -0.25) is 9.36 Å². The van der Waals surface area contributed by atoms with Gasteiger partial charge in [-0.15, -0.1) is 10.2 Å². The topological polar surface area (TPSA) is 59.8 Å². The van der Waals surface area contributed by atoms with E-state index in [-0.39, 0.29) is 17.7 Å². The molecule has 5 nitrogen and oxygen atoms in total. The first-order valence-corrected chi connectivity index (χ1v) is 11.0. The zero-order valence-corrected chi connectivity index (χ0v) is 18.0. The number of aromatic nitrogens is 3. The highest BCUT2D eigenvalue weighted by Crippen LogP contribution is 2.41. The number of amides is 1. The molecule has 150 valence electrons. The third-order valence-corrected chi connectivity index (χ3v) is 6.48. The van der Waals surface area contributed by atoms with Crippen LogP contribution in [0, 0.1) is 19.8 Å². The second kappa shape index (κ2) is 8.59. The Kier molecular flexibility index (Phi) is 5.92. The lowest BCUT2D eigenvalue weighted by atomic mass is 10.0. The van der Waals surface area contributed by atoms with Crippen LogP contribution >= 0.6 is 23.4 Å². The van der Waals surface area contributed by atoms with Crippen LogP contribution in [0.4, 0.5) is 0 Å². The molecule has 1 amide bonds. The molecule has 0 aliphatic heterocycles. The summed E-state index contributed by atoms with van der Waals surface area (Å²) in [6.45, 7) is 4.03. The zero-order chi connectivity index (χ0) is 20.4. The van der Waals surface area contributed by atoms with Crippen LogP contribution in [0.1, 0.15) is 35.6 Å². The Morgan fingerprint density at radius 2 is 2.00 bits per heavy atom. The lowest BCUT2D eigenvalue weighted by molar-refractivity contribution is -0.119. The first kappa shape index (κ1) is 20.0. The molecule has 7 heteroatoms. The quantitative estimate of drug-likeness (QED) is 0.546. The van der Waals surface area contributed by atoms with Crippen molar-refractivity contribution in [2.75, 3.05) is 5.75 Å². The predicted molar refractivity (Wildman–Crippen MR) is 117 cm³/mol. The van der Waals surface area contributed by atoms with Gasteiger partial charge in [0, 0.05) is 5.02 Å². The number of nitrogens with one attached hydrogen (secondary N) is 1. The van der Waals surface area contributed by atoms with Crippen LogP contribution in [0.15, 0.2) is 53.9 Å². The number of halogens is 1. The van der Waals surface area contributed by atoms with E-state index in [0.29, 0.717) is 16.1 Å². The van der Waals surface area contributed by atoms with E-state index < -0.39 is 0 Å². The van der Waals surface area contributed by atoms with Gasteiger partial charge in [-0.05, 0) is 55.9 Å². The number of rotatable bonds is 7. The first-order chi connectivity index (χ1) is 14.0. The molecule has 0 radical (unpaired) electrons. The molecular weight excluding hydrogens is 404 g/mol. The second-order valence-electron chi connectivity index (χ2n) is 7.50. The standard InChI is InChI=1S/C22H23ClN4OS/c1-14-3-6-16(7-4-14)21(17-8-9-17)25-20(28)12-29-22-26-24-13-27(22)18-10-5-15(2)19(23)11-18/h3-7,10-11,13,17,21H,8-9,12H2,1-2H3,(H,25,28). The number of nitrogens with zero attached hydrogens (tertiary/aromatic N) is 3. The Labute approximate surface area is 179 Å². The summed E-state index contributed by atoms with van der Waals surface area (Å²) in [5.74, 6) is 0.821. The van der Waals surface area contributed by atoms with Gasteiger partial charge in [0.2, 0.25) is 5.91 Å². The summed E-state index contributed by atoms with van der Waals surface area (Å²) in [5, 5.41) is 12.7. The van der Waals surface area contributed by atoms with Gasteiger partial charge in [-0.1, -0.05) is 59.3 Å². The SMILES string of the molecule is Cc1ccc(C(NC(=O)CSc2nncn2-c2ccc(C)c(Cl)c2)C2CC2)cc1. The fourth-order valence-electron chi connectivity index (χ4n) is 3.25. The van der Waals surface area contributed by atoms with Crippen molar-refractivity contribution >= 4 is 29.3 Å². The highest BCUT2D eigenvalue weighted by atomic mass is 35.5. The van der Waals surface area contributed by atoms with E-state index in [4.69, 9.17) is 11.6 Å². The van der Waals surface area contributed by atoms with Gasteiger partial charge in [0.15, 0.2) is 5.16 Å². The van der Waals surface area contributed by atoms with E-state index in [1.807, 2.05) is 29.7 Å². The number of aryl methyl sites for hydroxylation is 2. The molecule has 1 N–H and O–H groups in total. The molecule has 0 saturated heterocycles. The normalized spacial score (nSPS) is 14.6. The molecule has 0 bridgehead atoms. The number of carbonyl (C=O) groups is 1. The summed E-state index contributed by atoms with van der Waals surface area (Å²) in [7, 11) is 0. The van der Waals surface area contributed by atoms with Crippen molar-refractivity contribution in [3.8, 4) is 5.69 Å². The number of hydrogen-bond acceptors (Lipinski definition) is 4. The first-order valence-electron chi connectivity index (χ1n) is 9.66. The fraction of sp³-hybridized carbons (Fsp3) is 0.318. The van der Waals surface area contributed by atoms with Crippen molar-refractivity contribution in [1.29, 1.82) is 0 Å². The summed E-state index contributed by atoms with van der Waals surface area (Å²) in [5.41, 5.74) is 4.29. The van der Waals surface area contributed by atoms with Crippen LogP contribution in [0.3, 0.4) is 0 Å². The van der Waals surface area contributed by atoms with Crippen molar-refractivity contribution in [2.45, 2.75) is 37.9 Å².